The van der Waals surface area contributed by atoms with Gasteiger partial charge in [-0.05, 0) is 17.5 Å². The van der Waals surface area contributed by atoms with Crippen LogP contribution in [0.4, 0.5) is 0 Å². The Morgan fingerprint density at radius 1 is 1.07 bits per heavy atom. The second-order valence-corrected chi connectivity index (χ2v) is 3.66. The summed E-state index contributed by atoms with van der Waals surface area (Å²) in [6, 6.07) is 8.50. The minimum absolute atomic E-state index is 0.344. The zero-order valence-corrected chi connectivity index (χ0v) is 9.82. The van der Waals surface area contributed by atoms with E-state index in [0.717, 1.165) is 6.42 Å². The van der Waals surface area contributed by atoms with Crippen LogP contribution in [0.15, 0.2) is 24.3 Å². The molecule has 0 amide bonds. The smallest absolute Gasteiger partial charge is 0.0553 e. The van der Waals surface area contributed by atoms with E-state index in [1.807, 2.05) is 0 Å². The Bertz CT molecular complexity index is 278. The van der Waals surface area contributed by atoms with Crippen LogP contribution in [0.2, 0.25) is 0 Å². The zero-order chi connectivity index (χ0) is 11.1. The summed E-state index contributed by atoms with van der Waals surface area (Å²) >= 11 is 0. The molecule has 0 saturated heterocycles. The van der Waals surface area contributed by atoms with Crippen molar-refractivity contribution >= 4 is 0 Å². The minimum atomic E-state index is 0.344. The Hall–Kier alpha value is -0.860. The zero-order valence-electron chi connectivity index (χ0n) is 9.82. The number of methoxy groups -OCH3 is 2. The molecule has 84 valence electrons. The summed E-state index contributed by atoms with van der Waals surface area (Å²) in [5.41, 5.74) is 2.74. The van der Waals surface area contributed by atoms with Gasteiger partial charge in [0.25, 0.3) is 0 Å². The minimum Gasteiger partial charge on any atom is -0.384 e. The predicted octanol–water partition coefficient (Wildman–Crippen LogP) is 2.63. The van der Waals surface area contributed by atoms with Crippen molar-refractivity contribution < 1.29 is 9.47 Å². The van der Waals surface area contributed by atoms with Crippen LogP contribution < -0.4 is 0 Å². The van der Waals surface area contributed by atoms with Gasteiger partial charge >= 0.3 is 0 Å². The molecule has 0 unspecified atom stereocenters. The van der Waals surface area contributed by atoms with E-state index in [9.17, 15) is 0 Å². The first kappa shape index (κ1) is 12.2. The SMILES string of the molecule is CCc1ccccc1C(COC)COC. The summed E-state index contributed by atoms with van der Waals surface area (Å²) in [5.74, 6) is 0.344. The lowest BCUT2D eigenvalue weighted by Gasteiger charge is -2.18. The third-order valence-corrected chi connectivity index (χ3v) is 2.61. The number of benzene rings is 1. The molecular formula is C13H20O2. The Kier molecular flexibility index (Phi) is 5.37. The van der Waals surface area contributed by atoms with Gasteiger partial charge in [-0.15, -0.1) is 0 Å². The molecule has 0 atom stereocenters. The van der Waals surface area contributed by atoms with Gasteiger partial charge in [0, 0.05) is 20.1 Å². The average molecular weight is 208 g/mol. The molecular weight excluding hydrogens is 188 g/mol. The lowest BCUT2D eigenvalue weighted by atomic mass is 9.94. The molecule has 0 aliphatic rings. The molecule has 0 spiro atoms. The van der Waals surface area contributed by atoms with Gasteiger partial charge in [0.1, 0.15) is 0 Å². The van der Waals surface area contributed by atoms with Crippen molar-refractivity contribution in [3.05, 3.63) is 35.4 Å². The van der Waals surface area contributed by atoms with E-state index in [-0.39, 0.29) is 0 Å². The summed E-state index contributed by atoms with van der Waals surface area (Å²) in [5, 5.41) is 0. The van der Waals surface area contributed by atoms with Crippen molar-refractivity contribution in [1.29, 1.82) is 0 Å². The second kappa shape index (κ2) is 6.59. The molecule has 0 aliphatic heterocycles. The van der Waals surface area contributed by atoms with Crippen LogP contribution in [-0.2, 0) is 15.9 Å². The predicted molar refractivity (Wildman–Crippen MR) is 62.3 cm³/mol. The quantitative estimate of drug-likeness (QED) is 0.715. The average Bonchev–Trinajstić information content (AvgIpc) is 2.29. The molecule has 0 aliphatic carbocycles. The number of ether oxygens (including phenoxy) is 2. The highest BCUT2D eigenvalue weighted by Crippen LogP contribution is 2.21. The molecule has 1 rings (SSSR count). The van der Waals surface area contributed by atoms with Gasteiger partial charge in [0.05, 0.1) is 13.2 Å². The number of rotatable bonds is 6. The van der Waals surface area contributed by atoms with Crippen molar-refractivity contribution in [2.24, 2.45) is 0 Å². The molecule has 2 heteroatoms. The third-order valence-electron chi connectivity index (χ3n) is 2.61. The molecule has 0 radical (unpaired) electrons. The molecule has 0 aromatic heterocycles. The summed E-state index contributed by atoms with van der Waals surface area (Å²) in [7, 11) is 3.47. The highest BCUT2D eigenvalue weighted by atomic mass is 16.5. The fourth-order valence-corrected chi connectivity index (χ4v) is 1.88. The Morgan fingerprint density at radius 2 is 1.67 bits per heavy atom. The van der Waals surface area contributed by atoms with Gasteiger partial charge < -0.3 is 9.47 Å². The van der Waals surface area contributed by atoms with Crippen LogP contribution in [0.5, 0.6) is 0 Å². The maximum Gasteiger partial charge on any atom is 0.0553 e. The van der Waals surface area contributed by atoms with Gasteiger partial charge in [-0.2, -0.15) is 0 Å². The van der Waals surface area contributed by atoms with Gasteiger partial charge in [-0.25, -0.2) is 0 Å². The molecule has 2 nitrogen and oxygen atoms in total. The van der Waals surface area contributed by atoms with Crippen LogP contribution in [-0.4, -0.2) is 27.4 Å². The highest BCUT2D eigenvalue weighted by molar-refractivity contribution is 5.30. The molecule has 1 aromatic carbocycles. The van der Waals surface area contributed by atoms with E-state index >= 15 is 0 Å². The molecule has 0 N–H and O–H groups in total. The molecule has 15 heavy (non-hydrogen) atoms. The van der Waals surface area contributed by atoms with E-state index in [1.54, 1.807) is 14.2 Å². The van der Waals surface area contributed by atoms with Gasteiger partial charge in [-0.3, -0.25) is 0 Å². The first-order valence-corrected chi connectivity index (χ1v) is 5.39. The summed E-state index contributed by atoms with van der Waals surface area (Å²) in [6.07, 6.45) is 1.06. The largest absolute Gasteiger partial charge is 0.384 e. The van der Waals surface area contributed by atoms with E-state index in [2.05, 4.69) is 31.2 Å². The molecule has 0 bridgehead atoms. The van der Waals surface area contributed by atoms with Gasteiger partial charge in [0.15, 0.2) is 0 Å². The van der Waals surface area contributed by atoms with Crippen LogP contribution in [0.25, 0.3) is 0 Å². The Morgan fingerprint density at radius 3 is 2.20 bits per heavy atom. The fraction of sp³-hybridized carbons (Fsp3) is 0.538. The van der Waals surface area contributed by atoms with Gasteiger partial charge in [-0.1, -0.05) is 31.2 Å². The van der Waals surface area contributed by atoms with Crippen LogP contribution in [0, 0.1) is 0 Å². The number of hydrogen-bond donors (Lipinski definition) is 0. The first-order valence-electron chi connectivity index (χ1n) is 5.39. The lowest BCUT2D eigenvalue weighted by Crippen LogP contribution is -2.14. The summed E-state index contributed by atoms with van der Waals surface area (Å²) < 4.78 is 10.5. The maximum absolute atomic E-state index is 5.23. The van der Waals surface area contributed by atoms with Crippen LogP contribution in [0.1, 0.15) is 24.0 Å². The Balaban J connectivity index is 2.88. The number of aryl methyl sites for hydroxylation is 1. The van der Waals surface area contributed by atoms with Gasteiger partial charge in [0.2, 0.25) is 0 Å². The Labute approximate surface area is 92.2 Å². The summed E-state index contributed by atoms with van der Waals surface area (Å²) in [4.78, 5) is 0. The second-order valence-electron chi connectivity index (χ2n) is 3.66. The van der Waals surface area contributed by atoms with Crippen molar-refractivity contribution in [2.45, 2.75) is 19.3 Å². The van der Waals surface area contributed by atoms with E-state index in [0.29, 0.717) is 19.1 Å². The normalized spacial score (nSPS) is 10.9. The van der Waals surface area contributed by atoms with Crippen molar-refractivity contribution in [3.63, 3.8) is 0 Å². The first-order chi connectivity index (χ1) is 7.33. The summed E-state index contributed by atoms with van der Waals surface area (Å²) in [6.45, 7) is 3.60. The molecule has 0 saturated carbocycles. The highest BCUT2D eigenvalue weighted by Gasteiger charge is 2.13. The van der Waals surface area contributed by atoms with E-state index in [1.165, 1.54) is 11.1 Å². The molecule has 0 fully saturated rings. The lowest BCUT2D eigenvalue weighted by molar-refractivity contribution is 0.117. The van der Waals surface area contributed by atoms with Crippen LogP contribution in [0.3, 0.4) is 0 Å². The number of hydrogen-bond acceptors (Lipinski definition) is 2. The van der Waals surface area contributed by atoms with Crippen molar-refractivity contribution in [3.8, 4) is 0 Å². The van der Waals surface area contributed by atoms with E-state index < -0.39 is 0 Å². The monoisotopic (exact) mass is 208 g/mol. The molecule has 0 heterocycles. The van der Waals surface area contributed by atoms with Crippen LogP contribution >= 0.6 is 0 Å². The standard InChI is InChI=1S/C13H20O2/c1-4-11-7-5-6-8-13(11)12(9-14-2)10-15-3/h5-8,12H,4,9-10H2,1-3H3. The molecule has 1 aromatic rings. The fourth-order valence-electron chi connectivity index (χ4n) is 1.88. The van der Waals surface area contributed by atoms with E-state index in [4.69, 9.17) is 9.47 Å². The topological polar surface area (TPSA) is 18.5 Å². The third kappa shape index (κ3) is 3.33. The van der Waals surface area contributed by atoms with Crippen molar-refractivity contribution in [1.82, 2.24) is 0 Å². The maximum atomic E-state index is 5.23. The van der Waals surface area contributed by atoms with Crippen molar-refractivity contribution in [2.75, 3.05) is 27.4 Å².